The Morgan fingerprint density at radius 1 is 1.30 bits per heavy atom. The van der Waals surface area contributed by atoms with E-state index < -0.39 is 0 Å². The van der Waals surface area contributed by atoms with Crippen LogP contribution in [0.4, 0.5) is 0 Å². The van der Waals surface area contributed by atoms with Crippen molar-refractivity contribution in [2.24, 2.45) is 11.3 Å². The summed E-state index contributed by atoms with van der Waals surface area (Å²) in [6.45, 7) is 12.2. The van der Waals surface area contributed by atoms with E-state index in [-0.39, 0.29) is 5.78 Å². The van der Waals surface area contributed by atoms with Crippen LogP contribution in [0.1, 0.15) is 49.5 Å². The first kappa shape index (κ1) is 15.2. The summed E-state index contributed by atoms with van der Waals surface area (Å²) in [5.74, 6) is 1.04. The maximum absolute atomic E-state index is 12.3. The molecule has 0 N–H and O–H groups in total. The minimum atomic E-state index is 0.280. The first-order chi connectivity index (χ1) is 9.38. The molecule has 0 spiro atoms. The van der Waals surface area contributed by atoms with Crippen LogP contribution in [0.5, 0.6) is 0 Å². The zero-order valence-corrected chi connectivity index (χ0v) is 13.3. The zero-order chi connectivity index (χ0) is 14.8. The van der Waals surface area contributed by atoms with Crippen molar-refractivity contribution >= 4 is 5.78 Å². The third-order valence-corrected chi connectivity index (χ3v) is 4.60. The number of nitrogens with zero attached hydrogens (tertiary/aromatic N) is 1. The van der Waals surface area contributed by atoms with E-state index in [1.165, 1.54) is 6.42 Å². The molecule has 0 aromatic heterocycles. The molecule has 0 radical (unpaired) electrons. The van der Waals surface area contributed by atoms with Crippen LogP contribution in [-0.2, 0) is 0 Å². The standard InChI is InChI=1S/C18H27NO/c1-14-7-5-6-8-16(14)17(20)10-12-19-11-9-15(13-19)18(2,3)4/h5-8,15H,9-13H2,1-4H3. The fourth-order valence-electron chi connectivity index (χ4n) is 3.02. The molecule has 1 fully saturated rings. The first-order valence-electron chi connectivity index (χ1n) is 7.69. The van der Waals surface area contributed by atoms with Crippen molar-refractivity contribution in [2.45, 2.75) is 40.5 Å². The van der Waals surface area contributed by atoms with Crippen molar-refractivity contribution in [3.05, 3.63) is 35.4 Å². The number of hydrogen-bond acceptors (Lipinski definition) is 2. The van der Waals surface area contributed by atoms with E-state index in [4.69, 9.17) is 0 Å². The van der Waals surface area contributed by atoms with Gasteiger partial charge in [-0.15, -0.1) is 0 Å². The van der Waals surface area contributed by atoms with E-state index >= 15 is 0 Å². The fraction of sp³-hybridized carbons (Fsp3) is 0.611. The Labute approximate surface area is 123 Å². The van der Waals surface area contributed by atoms with E-state index in [1.807, 2.05) is 31.2 Å². The second-order valence-electron chi connectivity index (χ2n) is 7.14. The molecular formula is C18H27NO. The van der Waals surface area contributed by atoms with Gasteiger partial charge in [-0.1, -0.05) is 45.0 Å². The van der Waals surface area contributed by atoms with E-state index in [0.717, 1.165) is 36.7 Å². The van der Waals surface area contributed by atoms with Gasteiger partial charge in [0.25, 0.3) is 0 Å². The monoisotopic (exact) mass is 273 g/mol. The van der Waals surface area contributed by atoms with Crippen LogP contribution < -0.4 is 0 Å². The van der Waals surface area contributed by atoms with E-state index in [2.05, 4.69) is 25.7 Å². The van der Waals surface area contributed by atoms with Crippen molar-refractivity contribution in [1.29, 1.82) is 0 Å². The average molecular weight is 273 g/mol. The maximum atomic E-state index is 12.3. The number of carbonyl (C=O) groups is 1. The largest absolute Gasteiger partial charge is 0.303 e. The second kappa shape index (κ2) is 6.09. The predicted octanol–water partition coefficient (Wildman–Crippen LogP) is 3.94. The van der Waals surface area contributed by atoms with Gasteiger partial charge < -0.3 is 4.90 Å². The molecule has 2 heteroatoms. The zero-order valence-electron chi connectivity index (χ0n) is 13.3. The quantitative estimate of drug-likeness (QED) is 0.775. The van der Waals surface area contributed by atoms with Gasteiger partial charge in [0.2, 0.25) is 0 Å². The molecule has 2 nitrogen and oxygen atoms in total. The summed E-state index contributed by atoms with van der Waals surface area (Å²) >= 11 is 0. The summed E-state index contributed by atoms with van der Waals surface area (Å²) in [6.07, 6.45) is 1.91. The Morgan fingerprint density at radius 3 is 2.60 bits per heavy atom. The molecule has 1 unspecified atom stereocenters. The van der Waals surface area contributed by atoms with Crippen molar-refractivity contribution in [2.75, 3.05) is 19.6 Å². The Kier molecular flexibility index (Phi) is 4.64. The number of rotatable bonds is 4. The Bertz CT molecular complexity index is 473. The number of aryl methyl sites for hydroxylation is 1. The van der Waals surface area contributed by atoms with Crippen molar-refractivity contribution < 1.29 is 4.79 Å². The number of likely N-dealkylation sites (tertiary alicyclic amines) is 1. The number of carbonyl (C=O) groups excluding carboxylic acids is 1. The van der Waals surface area contributed by atoms with Crippen LogP contribution >= 0.6 is 0 Å². The molecule has 110 valence electrons. The minimum absolute atomic E-state index is 0.280. The highest BCUT2D eigenvalue weighted by Gasteiger charge is 2.31. The molecule has 1 aromatic carbocycles. The van der Waals surface area contributed by atoms with Gasteiger partial charge in [0.15, 0.2) is 5.78 Å². The molecule has 0 bridgehead atoms. The summed E-state index contributed by atoms with van der Waals surface area (Å²) in [5.41, 5.74) is 2.36. The lowest BCUT2D eigenvalue weighted by Crippen LogP contribution is -2.27. The molecule has 1 aliphatic rings. The van der Waals surface area contributed by atoms with E-state index in [9.17, 15) is 4.79 Å². The summed E-state index contributed by atoms with van der Waals surface area (Å²) in [5, 5.41) is 0. The lowest BCUT2D eigenvalue weighted by atomic mass is 9.80. The number of benzene rings is 1. The van der Waals surface area contributed by atoms with Gasteiger partial charge >= 0.3 is 0 Å². The van der Waals surface area contributed by atoms with Crippen molar-refractivity contribution in [3.63, 3.8) is 0 Å². The molecule has 0 aliphatic carbocycles. The Balaban J connectivity index is 1.85. The van der Waals surface area contributed by atoms with Gasteiger partial charge in [-0.3, -0.25) is 4.79 Å². The molecule has 1 saturated heterocycles. The fourth-order valence-corrected chi connectivity index (χ4v) is 3.02. The Hall–Kier alpha value is -1.15. The third-order valence-electron chi connectivity index (χ3n) is 4.60. The second-order valence-corrected chi connectivity index (χ2v) is 7.14. The molecule has 1 atom stereocenters. The highest BCUT2D eigenvalue weighted by Crippen LogP contribution is 2.33. The van der Waals surface area contributed by atoms with Crippen molar-refractivity contribution in [1.82, 2.24) is 4.90 Å². The van der Waals surface area contributed by atoms with Crippen LogP contribution in [0.2, 0.25) is 0 Å². The molecule has 0 amide bonds. The van der Waals surface area contributed by atoms with E-state index in [1.54, 1.807) is 0 Å². The molecule has 1 aromatic rings. The van der Waals surface area contributed by atoms with Gasteiger partial charge in [-0.05, 0) is 36.8 Å². The van der Waals surface area contributed by atoms with Gasteiger partial charge in [-0.25, -0.2) is 0 Å². The van der Waals surface area contributed by atoms with Crippen LogP contribution in [-0.4, -0.2) is 30.3 Å². The normalized spacial score (nSPS) is 20.3. The highest BCUT2D eigenvalue weighted by molar-refractivity contribution is 5.97. The first-order valence-corrected chi connectivity index (χ1v) is 7.69. The molecule has 1 aliphatic heterocycles. The highest BCUT2D eigenvalue weighted by atomic mass is 16.1. The summed E-state index contributed by atoms with van der Waals surface area (Å²) in [7, 11) is 0. The maximum Gasteiger partial charge on any atom is 0.164 e. The SMILES string of the molecule is Cc1ccccc1C(=O)CCN1CCC(C(C)(C)C)C1. The lowest BCUT2D eigenvalue weighted by molar-refractivity contribution is 0.0966. The topological polar surface area (TPSA) is 20.3 Å². The van der Waals surface area contributed by atoms with Crippen LogP contribution in [0.25, 0.3) is 0 Å². The number of hydrogen-bond donors (Lipinski definition) is 0. The summed E-state index contributed by atoms with van der Waals surface area (Å²) in [4.78, 5) is 14.7. The molecule has 2 rings (SSSR count). The lowest BCUT2D eigenvalue weighted by Gasteiger charge is -2.27. The van der Waals surface area contributed by atoms with Crippen LogP contribution in [0.3, 0.4) is 0 Å². The average Bonchev–Trinajstić information content (AvgIpc) is 2.85. The van der Waals surface area contributed by atoms with Crippen molar-refractivity contribution in [3.8, 4) is 0 Å². The third kappa shape index (κ3) is 3.69. The van der Waals surface area contributed by atoms with Gasteiger partial charge in [0.1, 0.15) is 0 Å². The smallest absolute Gasteiger partial charge is 0.164 e. The van der Waals surface area contributed by atoms with Gasteiger partial charge in [0.05, 0.1) is 0 Å². The van der Waals surface area contributed by atoms with Gasteiger partial charge in [-0.2, -0.15) is 0 Å². The predicted molar refractivity (Wildman–Crippen MR) is 84.1 cm³/mol. The van der Waals surface area contributed by atoms with Gasteiger partial charge in [0, 0.05) is 25.1 Å². The minimum Gasteiger partial charge on any atom is -0.303 e. The molecule has 0 saturated carbocycles. The van der Waals surface area contributed by atoms with Crippen LogP contribution in [0.15, 0.2) is 24.3 Å². The van der Waals surface area contributed by atoms with Crippen LogP contribution in [0, 0.1) is 18.3 Å². The summed E-state index contributed by atoms with van der Waals surface area (Å²) < 4.78 is 0. The summed E-state index contributed by atoms with van der Waals surface area (Å²) in [6, 6.07) is 7.89. The van der Waals surface area contributed by atoms with E-state index in [0.29, 0.717) is 11.8 Å². The molecular weight excluding hydrogens is 246 g/mol. The number of ketones is 1. The number of Topliss-reactive ketones (excluding diaryl/α,β-unsaturated/α-hetero) is 1. The Morgan fingerprint density at radius 2 is 2.00 bits per heavy atom. The molecule has 1 heterocycles. The molecule has 20 heavy (non-hydrogen) atoms.